The highest BCUT2D eigenvalue weighted by Crippen LogP contribution is 2.22. The summed E-state index contributed by atoms with van der Waals surface area (Å²) in [5.74, 6) is 0. The minimum Gasteiger partial charge on any atom is -0.472 e. The lowest BCUT2D eigenvalue weighted by atomic mass is 9.94. The number of likely N-dealkylation sites (N-methyl/N-ethyl adjacent to an activating group) is 1. The van der Waals surface area contributed by atoms with Gasteiger partial charge in [0, 0.05) is 6.04 Å². The third-order valence-corrected chi connectivity index (χ3v) is 3.28. The van der Waals surface area contributed by atoms with Crippen LogP contribution in [0.4, 0.5) is 0 Å². The first-order valence-corrected chi connectivity index (χ1v) is 6.67. The summed E-state index contributed by atoms with van der Waals surface area (Å²) in [6.07, 6.45) is 5.62. The van der Waals surface area contributed by atoms with E-state index in [0.29, 0.717) is 6.04 Å². The molecule has 0 aliphatic rings. The van der Waals surface area contributed by atoms with Crippen LogP contribution in [-0.4, -0.2) is 6.54 Å². The highest BCUT2D eigenvalue weighted by molar-refractivity contribution is 5.31. The van der Waals surface area contributed by atoms with Crippen molar-refractivity contribution in [3.63, 3.8) is 0 Å². The maximum absolute atomic E-state index is 5.16. The Bertz CT molecular complexity index is 462. The minimum atomic E-state index is 0.365. The molecule has 1 atom stereocenters. The Balaban J connectivity index is 2.23. The van der Waals surface area contributed by atoms with Crippen LogP contribution in [-0.2, 0) is 12.8 Å². The number of nitrogens with one attached hydrogen (secondary N) is 1. The molecule has 2 heteroatoms. The Hall–Kier alpha value is -1.54. The molecule has 2 rings (SSSR count). The Kier molecular flexibility index (Phi) is 4.59. The normalized spacial score (nSPS) is 12.6. The molecule has 96 valence electrons. The highest BCUT2D eigenvalue weighted by Gasteiger charge is 2.14. The topological polar surface area (TPSA) is 25.2 Å². The van der Waals surface area contributed by atoms with Gasteiger partial charge in [0.15, 0.2) is 0 Å². The molecule has 0 aliphatic carbocycles. The van der Waals surface area contributed by atoms with E-state index in [9.17, 15) is 0 Å². The fourth-order valence-electron chi connectivity index (χ4n) is 2.38. The van der Waals surface area contributed by atoms with E-state index in [2.05, 4.69) is 43.4 Å². The number of benzene rings is 1. The molecule has 0 fully saturated rings. The second-order valence-electron chi connectivity index (χ2n) is 4.50. The molecule has 0 aliphatic heterocycles. The lowest BCUT2D eigenvalue weighted by Gasteiger charge is -2.20. The molecular formula is C16H21NO. The SMILES string of the molecule is CCNC(Cc1ccoc1)c1ccccc1CC. The standard InChI is InChI=1S/C16H21NO/c1-3-14-7-5-6-8-15(14)16(17-4-2)11-13-9-10-18-12-13/h5-10,12,16-17H,3-4,11H2,1-2H3. The van der Waals surface area contributed by atoms with Crippen LogP contribution >= 0.6 is 0 Å². The number of aryl methyl sites for hydroxylation is 1. The number of furan rings is 1. The van der Waals surface area contributed by atoms with Crippen LogP contribution in [0, 0.1) is 0 Å². The average molecular weight is 243 g/mol. The summed E-state index contributed by atoms with van der Waals surface area (Å²) >= 11 is 0. The first-order chi connectivity index (χ1) is 8.85. The van der Waals surface area contributed by atoms with Crippen LogP contribution in [0.3, 0.4) is 0 Å². The molecule has 0 radical (unpaired) electrons. The number of hydrogen-bond donors (Lipinski definition) is 1. The molecule has 0 saturated heterocycles. The molecule has 1 heterocycles. The molecule has 1 aromatic carbocycles. The number of rotatable bonds is 6. The summed E-state index contributed by atoms with van der Waals surface area (Å²) in [5.41, 5.74) is 4.07. The summed E-state index contributed by atoms with van der Waals surface area (Å²) < 4.78 is 5.16. The molecule has 2 aromatic rings. The van der Waals surface area contributed by atoms with E-state index >= 15 is 0 Å². The average Bonchev–Trinajstić information content (AvgIpc) is 2.91. The first-order valence-electron chi connectivity index (χ1n) is 6.67. The molecule has 18 heavy (non-hydrogen) atoms. The van der Waals surface area contributed by atoms with Crippen LogP contribution in [0.2, 0.25) is 0 Å². The smallest absolute Gasteiger partial charge is 0.0935 e. The zero-order valence-electron chi connectivity index (χ0n) is 11.1. The Morgan fingerprint density at radius 3 is 2.67 bits per heavy atom. The van der Waals surface area contributed by atoms with Crippen molar-refractivity contribution in [2.24, 2.45) is 0 Å². The summed E-state index contributed by atoms with van der Waals surface area (Å²) in [4.78, 5) is 0. The molecular weight excluding hydrogens is 222 g/mol. The van der Waals surface area contributed by atoms with Crippen LogP contribution in [0.1, 0.15) is 36.6 Å². The highest BCUT2D eigenvalue weighted by atomic mass is 16.3. The van der Waals surface area contributed by atoms with Gasteiger partial charge in [-0.15, -0.1) is 0 Å². The van der Waals surface area contributed by atoms with E-state index < -0.39 is 0 Å². The molecule has 0 saturated carbocycles. The van der Waals surface area contributed by atoms with Gasteiger partial charge >= 0.3 is 0 Å². The monoisotopic (exact) mass is 243 g/mol. The van der Waals surface area contributed by atoms with Crippen LogP contribution in [0.5, 0.6) is 0 Å². The molecule has 1 N–H and O–H groups in total. The predicted molar refractivity (Wildman–Crippen MR) is 74.6 cm³/mol. The summed E-state index contributed by atoms with van der Waals surface area (Å²) in [6.45, 7) is 5.33. The molecule has 2 nitrogen and oxygen atoms in total. The fraction of sp³-hybridized carbons (Fsp3) is 0.375. The van der Waals surface area contributed by atoms with E-state index in [1.165, 1.54) is 16.7 Å². The van der Waals surface area contributed by atoms with Gasteiger partial charge in [-0.2, -0.15) is 0 Å². The zero-order chi connectivity index (χ0) is 12.8. The van der Waals surface area contributed by atoms with Crippen molar-refractivity contribution in [1.29, 1.82) is 0 Å². The van der Waals surface area contributed by atoms with Gasteiger partial charge in [-0.05, 0) is 42.1 Å². The molecule has 0 bridgehead atoms. The summed E-state index contributed by atoms with van der Waals surface area (Å²) in [5, 5.41) is 3.57. The van der Waals surface area contributed by atoms with Crippen molar-refractivity contribution in [3.8, 4) is 0 Å². The maximum atomic E-state index is 5.16. The lowest BCUT2D eigenvalue weighted by Crippen LogP contribution is -2.23. The van der Waals surface area contributed by atoms with Crippen LogP contribution in [0.25, 0.3) is 0 Å². The quantitative estimate of drug-likeness (QED) is 0.836. The van der Waals surface area contributed by atoms with Gasteiger partial charge in [-0.3, -0.25) is 0 Å². The maximum Gasteiger partial charge on any atom is 0.0935 e. The van der Waals surface area contributed by atoms with Gasteiger partial charge < -0.3 is 9.73 Å². The summed E-state index contributed by atoms with van der Waals surface area (Å²) in [7, 11) is 0. The Morgan fingerprint density at radius 1 is 1.17 bits per heavy atom. The molecule has 0 amide bonds. The fourth-order valence-corrected chi connectivity index (χ4v) is 2.38. The van der Waals surface area contributed by atoms with Crippen molar-refractivity contribution in [3.05, 3.63) is 59.5 Å². The largest absolute Gasteiger partial charge is 0.472 e. The third kappa shape index (κ3) is 3.02. The molecule has 1 aromatic heterocycles. The first kappa shape index (κ1) is 12.9. The number of hydrogen-bond acceptors (Lipinski definition) is 2. The van der Waals surface area contributed by atoms with Crippen molar-refractivity contribution < 1.29 is 4.42 Å². The van der Waals surface area contributed by atoms with Gasteiger partial charge in [0.05, 0.1) is 12.5 Å². The van der Waals surface area contributed by atoms with Gasteiger partial charge in [0.1, 0.15) is 0 Å². The van der Waals surface area contributed by atoms with Crippen molar-refractivity contribution in [1.82, 2.24) is 5.32 Å². The summed E-state index contributed by atoms with van der Waals surface area (Å²) in [6, 6.07) is 11.1. The van der Waals surface area contributed by atoms with Crippen molar-refractivity contribution >= 4 is 0 Å². The van der Waals surface area contributed by atoms with Gasteiger partial charge in [-0.25, -0.2) is 0 Å². The third-order valence-electron chi connectivity index (χ3n) is 3.28. The minimum absolute atomic E-state index is 0.365. The second-order valence-corrected chi connectivity index (χ2v) is 4.50. The van der Waals surface area contributed by atoms with Crippen molar-refractivity contribution in [2.45, 2.75) is 32.7 Å². The van der Waals surface area contributed by atoms with E-state index in [1.807, 2.05) is 12.3 Å². The zero-order valence-corrected chi connectivity index (χ0v) is 11.1. The Morgan fingerprint density at radius 2 is 2.00 bits per heavy atom. The van der Waals surface area contributed by atoms with E-state index in [4.69, 9.17) is 4.42 Å². The van der Waals surface area contributed by atoms with Crippen LogP contribution in [0.15, 0.2) is 47.3 Å². The predicted octanol–water partition coefficient (Wildman–Crippen LogP) is 3.74. The second kappa shape index (κ2) is 6.41. The van der Waals surface area contributed by atoms with E-state index in [-0.39, 0.29) is 0 Å². The lowest BCUT2D eigenvalue weighted by molar-refractivity contribution is 0.532. The molecule has 0 spiro atoms. The van der Waals surface area contributed by atoms with Gasteiger partial charge in [0.25, 0.3) is 0 Å². The van der Waals surface area contributed by atoms with Gasteiger partial charge in [0.2, 0.25) is 0 Å². The Labute approximate surface area is 109 Å². The van der Waals surface area contributed by atoms with E-state index in [0.717, 1.165) is 19.4 Å². The van der Waals surface area contributed by atoms with Gasteiger partial charge in [-0.1, -0.05) is 38.1 Å². The van der Waals surface area contributed by atoms with Crippen molar-refractivity contribution in [2.75, 3.05) is 6.54 Å². The van der Waals surface area contributed by atoms with E-state index in [1.54, 1.807) is 6.26 Å². The van der Waals surface area contributed by atoms with Crippen LogP contribution < -0.4 is 5.32 Å². The molecule has 1 unspecified atom stereocenters.